The Morgan fingerprint density at radius 2 is 2.29 bits per heavy atom. The van der Waals surface area contributed by atoms with E-state index in [0.717, 1.165) is 0 Å². The smallest absolute Gasteiger partial charge is 0.258 e. The lowest BCUT2D eigenvalue weighted by molar-refractivity contribution is -0.384. The molecule has 0 radical (unpaired) electrons. The molecule has 6 heteroatoms. The second-order valence-corrected chi connectivity index (χ2v) is 3.63. The van der Waals surface area contributed by atoms with Crippen molar-refractivity contribution in [3.8, 4) is 6.07 Å². The molecule has 0 amide bonds. The summed E-state index contributed by atoms with van der Waals surface area (Å²) in [5, 5.41) is 19.0. The number of nitriles is 1. The van der Waals surface area contributed by atoms with Gasteiger partial charge in [-0.05, 0) is 27.6 Å². The van der Waals surface area contributed by atoms with E-state index in [9.17, 15) is 10.1 Å². The number of hydrogen-bond acceptors (Lipinski definition) is 3. The summed E-state index contributed by atoms with van der Waals surface area (Å²) >= 11 is 8.84. The maximum atomic E-state index is 10.5. The van der Waals surface area contributed by atoms with E-state index in [2.05, 4.69) is 15.9 Å². The van der Waals surface area contributed by atoms with E-state index in [-0.39, 0.29) is 17.1 Å². The highest BCUT2D eigenvalue weighted by molar-refractivity contribution is 9.10. The van der Waals surface area contributed by atoms with Crippen molar-refractivity contribution in [2.45, 2.75) is 6.42 Å². The van der Waals surface area contributed by atoms with Gasteiger partial charge < -0.3 is 0 Å². The first-order valence-corrected chi connectivity index (χ1v) is 4.73. The first kappa shape index (κ1) is 11.0. The number of nitrogens with zero attached hydrogens (tertiary/aromatic N) is 2. The minimum atomic E-state index is -0.566. The minimum Gasteiger partial charge on any atom is -0.258 e. The van der Waals surface area contributed by atoms with Crippen molar-refractivity contribution in [3.05, 3.63) is 37.3 Å². The third-order valence-corrected chi connectivity index (χ3v) is 3.12. The molecule has 1 aromatic carbocycles. The fourth-order valence-electron chi connectivity index (χ4n) is 0.942. The monoisotopic (exact) mass is 274 g/mol. The van der Waals surface area contributed by atoms with Gasteiger partial charge in [0.2, 0.25) is 0 Å². The molecule has 0 unspecified atom stereocenters. The molecule has 0 bridgehead atoms. The van der Waals surface area contributed by atoms with Crippen LogP contribution < -0.4 is 0 Å². The number of hydrogen-bond donors (Lipinski definition) is 0. The highest BCUT2D eigenvalue weighted by Crippen LogP contribution is 2.34. The predicted octanol–water partition coefficient (Wildman–Crippen LogP) is 3.08. The van der Waals surface area contributed by atoms with Gasteiger partial charge in [0.1, 0.15) is 5.02 Å². The van der Waals surface area contributed by atoms with Crippen molar-refractivity contribution in [2.24, 2.45) is 0 Å². The maximum Gasteiger partial charge on any atom is 0.289 e. The molecule has 0 fully saturated rings. The molecule has 0 saturated carbocycles. The first-order valence-electron chi connectivity index (χ1n) is 3.56. The topological polar surface area (TPSA) is 66.9 Å². The zero-order valence-electron chi connectivity index (χ0n) is 6.83. The summed E-state index contributed by atoms with van der Waals surface area (Å²) in [6.45, 7) is 0. The fraction of sp³-hybridized carbons (Fsp3) is 0.125. The van der Waals surface area contributed by atoms with Crippen LogP contribution in [-0.4, -0.2) is 4.92 Å². The molecular formula is C8H4BrClN2O2. The number of nitro groups is 1. The lowest BCUT2D eigenvalue weighted by Gasteiger charge is -2.02. The molecule has 72 valence electrons. The van der Waals surface area contributed by atoms with E-state index in [4.69, 9.17) is 16.9 Å². The van der Waals surface area contributed by atoms with Crippen LogP contribution in [0.15, 0.2) is 16.6 Å². The molecule has 0 spiro atoms. The molecule has 0 aliphatic heterocycles. The summed E-state index contributed by atoms with van der Waals surface area (Å²) in [7, 11) is 0. The van der Waals surface area contributed by atoms with Gasteiger partial charge in [0, 0.05) is 10.5 Å². The van der Waals surface area contributed by atoms with E-state index >= 15 is 0 Å². The molecule has 1 rings (SSSR count). The van der Waals surface area contributed by atoms with E-state index in [1.54, 1.807) is 0 Å². The van der Waals surface area contributed by atoms with Gasteiger partial charge in [0.05, 0.1) is 17.4 Å². The normalized spacial score (nSPS) is 9.50. The third kappa shape index (κ3) is 2.03. The largest absolute Gasteiger partial charge is 0.289 e. The zero-order chi connectivity index (χ0) is 10.7. The molecule has 0 aromatic heterocycles. The highest BCUT2D eigenvalue weighted by Gasteiger charge is 2.17. The van der Waals surface area contributed by atoms with Crippen LogP contribution >= 0.6 is 27.5 Å². The average molecular weight is 275 g/mol. The fourth-order valence-corrected chi connectivity index (χ4v) is 1.67. The molecule has 0 atom stereocenters. The maximum absolute atomic E-state index is 10.5. The SMILES string of the molecule is N#CCc1ccc([N+](=O)[O-])c(Cl)c1Br. The van der Waals surface area contributed by atoms with Gasteiger partial charge >= 0.3 is 0 Å². The van der Waals surface area contributed by atoms with Gasteiger partial charge in [0.15, 0.2) is 0 Å². The van der Waals surface area contributed by atoms with E-state index in [1.165, 1.54) is 12.1 Å². The van der Waals surface area contributed by atoms with Crippen LogP contribution in [0.4, 0.5) is 5.69 Å². The molecule has 0 N–H and O–H groups in total. The van der Waals surface area contributed by atoms with Crippen LogP contribution in [0.5, 0.6) is 0 Å². The second-order valence-electron chi connectivity index (χ2n) is 2.46. The van der Waals surface area contributed by atoms with Crippen molar-refractivity contribution in [3.63, 3.8) is 0 Å². The lowest BCUT2D eigenvalue weighted by atomic mass is 10.1. The van der Waals surface area contributed by atoms with Crippen molar-refractivity contribution >= 4 is 33.2 Å². The van der Waals surface area contributed by atoms with Gasteiger partial charge in [-0.2, -0.15) is 5.26 Å². The number of halogens is 2. The highest BCUT2D eigenvalue weighted by atomic mass is 79.9. The second kappa shape index (κ2) is 4.40. The van der Waals surface area contributed by atoms with Gasteiger partial charge in [0.25, 0.3) is 5.69 Å². The molecule has 4 nitrogen and oxygen atoms in total. The summed E-state index contributed by atoms with van der Waals surface area (Å²) in [4.78, 5) is 9.91. The van der Waals surface area contributed by atoms with E-state index in [1.807, 2.05) is 6.07 Å². The van der Waals surface area contributed by atoms with E-state index < -0.39 is 4.92 Å². The zero-order valence-corrected chi connectivity index (χ0v) is 9.17. The Morgan fingerprint density at radius 1 is 1.64 bits per heavy atom. The molecule has 0 aliphatic carbocycles. The molecular weight excluding hydrogens is 271 g/mol. The average Bonchev–Trinajstić information content (AvgIpc) is 2.13. The molecule has 0 aliphatic rings. The summed E-state index contributed by atoms with van der Waals surface area (Å²) in [5.74, 6) is 0. The molecule has 1 aromatic rings. The first-order chi connectivity index (χ1) is 6.57. The van der Waals surface area contributed by atoms with Crippen LogP contribution in [0.2, 0.25) is 5.02 Å². The Balaban J connectivity index is 3.27. The lowest BCUT2D eigenvalue weighted by Crippen LogP contribution is -1.92. The summed E-state index contributed by atoms with van der Waals surface area (Å²) in [6.07, 6.45) is 0.165. The predicted molar refractivity (Wildman–Crippen MR) is 55.1 cm³/mol. The van der Waals surface area contributed by atoms with Gasteiger partial charge in [-0.3, -0.25) is 10.1 Å². The Morgan fingerprint density at radius 3 is 2.79 bits per heavy atom. The molecule has 14 heavy (non-hydrogen) atoms. The van der Waals surface area contributed by atoms with Gasteiger partial charge in [-0.15, -0.1) is 0 Å². The number of rotatable bonds is 2. The number of nitro benzene ring substituents is 1. The van der Waals surface area contributed by atoms with Crippen LogP contribution in [0.1, 0.15) is 5.56 Å². The van der Waals surface area contributed by atoms with Crippen molar-refractivity contribution in [1.82, 2.24) is 0 Å². The Bertz CT molecular complexity index is 428. The van der Waals surface area contributed by atoms with Crippen molar-refractivity contribution in [2.75, 3.05) is 0 Å². The van der Waals surface area contributed by atoms with Crippen LogP contribution in [0.25, 0.3) is 0 Å². The van der Waals surface area contributed by atoms with Crippen LogP contribution in [0, 0.1) is 21.4 Å². The van der Waals surface area contributed by atoms with Crippen LogP contribution in [0.3, 0.4) is 0 Å². The Hall–Kier alpha value is -1.12. The molecule has 0 saturated heterocycles. The van der Waals surface area contributed by atoms with E-state index in [0.29, 0.717) is 10.0 Å². The van der Waals surface area contributed by atoms with Crippen molar-refractivity contribution in [1.29, 1.82) is 5.26 Å². The minimum absolute atomic E-state index is 0.0303. The standard InChI is InChI=1S/C8H4BrClN2O2/c9-7-5(3-4-11)1-2-6(8(7)10)12(13)14/h1-2H,3H2. The van der Waals surface area contributed by atoms with Crippen molar-refractivity contribution < 1.29 is 4.92 Å². The summed E-state index contributed by atoms with van der Waals surface area (Å²) in [6, 6.07) is 4.74. The molecule has 0 heterocycles. The van der Waals surface area contributed by atoms with Gasteiger partial charge in [-0.25, -0.2) is 0 Å². The third-order valence-electron chi connectivity index (χ3n) is 1.61. The summed E-state index contributed by atoms with van der Waals surface area (Å²) in [5.41, 5.74) is 0.475. The number of benzene rings is 1. The van der Waals surface area contributed by atoms with Gasteiger partial charge in [-0.1, -0.05) is 11.6 Å². The quantitative estimate of drug-likeness (QED) is 0.615. The van der Waals surface area contributed by atoms with Crippen LogP contribution in [-0.2, 0) is 6.42 Å². The Labute approximate surface area is 93.4 Å². The Kier molecular flexibility index (Phi) is 3.44. The summed E-state index contributed by atoms with van der Waals surface area (Å²) < 4.78 is 0.412.